The molecule has 0 amide bonds. The van der Waals surface area contributed by atoms with Crippen LogP contribution in [0.2, 0.25) is 0 Å². The third kappa shape index (κ3) is 3.71. The number of H-pyrrole nitrogens is 1. The number of nitrogens with one attached hydrogen (secondary N) is 1. The number of benzene rings is 1. The van der Waals surface area contributed by atoms with Crippen LogP contribution in [0.3, 0.4) is 0 Å². The Morgan fingerprint density at radius 3 is 1.60 bits per heavy atom. The van der Waals surface area contributed by atoms with Crippen molar-refractivity contribution in [1.82, 2.24) is 15.4 Å². The van der Waals surface area contributed by atoms with Crippen molar-refractivity contribution in [3.63, 3.8) is 0 Å². The number of para-hydroxylation sites is 2. The van der Waals surface area contributed by atoms with Gasteiger partial charge in [0.15, 0.2) is 0 Å². The topological polar surface area (TPSA) is 191 Å². The van der Waals surface area contributed by atoms with E-state index in [1.165, 1.54) is 6.92 Å². The Kier molecular flexibility index (Phi) is 6.14. The molecule has 11 heteroatoms. The fourth-order valence-electron chi connectivity index (χ4n) is 2.17. The normalized spacial score (nSPS) is 11.9. The van der Waals surface area contributed by atoms with Crippen LogP contribution in [0.25, 0.3) is 11.0 Å². The zero-order chi connectivity index (χ0) is 19.2. The van der Waals surface area contributed by atoms with Crippen molar-refractivity contribution in [2.24, 2.45) is 11.3 Å². The average molecular weight is 353 g/mol. The van der Waals surface area contributed by atoms with Gasteiger partial charge in [0.05, 0.1) is 5.92 Å². The molecule has 2 rings (SSSR count). The summed E-state index contributed by atoms with van der Waals surface area (Å²) in [6.45, 7) is 1.20. The van der Waals surface area contributed by atoms with Gasteiger partial charge < -0.3 is 20.4 Å². The van der Waals surface area contributed by atoms with Crippen molar-refractivity contribution in [2.75, 3.05) is 0 Å². The fraction of sp³-hybridized carbons (Fsp3) is 0.286. The largest absolute Gasteiger partial charge is 0.481 e. The molecule has 5 N–H and O–H groups in total. The summed E-state index contributed by atoms with van der Waals surface area (Å²) in [7, 11) is 0. The summed E-state index contributed by atoms with van der Waals surface area (Å²) in [6.07, 6.45) is -0.430. The Balaban J connectivity index is 0.000000286. The molecule has 0 bridgehead atoms. The molecule has 1 heterocycles. The van der Waals surface area contributed by atoms with Gasteiger partial charge in [-0.3, -0.25) is 19.2 Å². The van der Waals surface area contributed by atoms with E-state index in [0.717, 1.165) is 11.0 Å². The Hall–Kier alpha value is -3.50. The summed E-state index contributed by atoms with van der Waals surface area (Å²) < 4.78 is 0. The summed E-state index contributed by atoms with van der Waals surface area (Å²) >= 11 is 0. The molecular formula is C14H15N3O8. The van der Waals surface area contributed by atoms with Gasteiger partial charge in [-0.1, -0.05) is 19.1 Å². The Morgan fingerprint density at radius 2 is 1.36 bits per heavy atom. The first kappa shape index (κ1) is 19.5. The first-order valence-corrected chi connectivity index (χ1v) is 6.88. The van der Waals surface area contributed by atoms with E-state index in [0.29, 0.717) is 0 Å². The molecule has 0 fully saturated rings. The lowest BCUT2D eigenvalue weighted by molar-refractivity contribution is -0.185. The van der Waals surface area contributed by atoms with Crippen LogP contribution in [0.15, 0.2) is 24.3 Å². The standard InChI is InChI=1S/C8H10O8.C6H5N3/c1-2-3(4(9)10)8(5(11)12,6(13)14)7(15)16;1-2-4-6-5(3-1)7-9-8-6/h3H,2H2,1H3,(H,9,10)(H,11,12)(H,13,14)(H,15,16);1-4H,(H,7,8,9). The molecule has 0 aliphatic rings. The minimum atomic E-state index is -3.36. The number of nitrogens with zero attached hydrogens (tertiary/aromatic N) is 2. The second-order valence-electron chi connectivity index (χ2n) is 4.83. The van der Waals surface area contributed by atoms with E-state index >= 15 is 0 Å². The van der Waals surface area contributed by atoms with E-state index in [1.807, 2.05) is 24.3 Å². The van der Waals surface area contributed by atoms with Crippen LogP contribution in [0.5, 0.6) is 0 Å². The number of aromatic amines is 1. The van der Waals surface area contributed by atoms with E-state index in [-0.39, 0.29) is 0 Å². The van der Waals surface area contributed by atoms with Crippen molar-refractivity contribution in [1.29, 1.82) is 0 Å². The quantitative estimate of drug-likeness (QED) is 0.451. The SMILES string of the molecule is CCC(C(=O)O)C(C(=O)O)(C(=O)O)C(=O)O.c1ccc2n[nH]nc2c1. The number of carbonyl (C=O) groups is 4. The van der Waals surface area contributed by atoms with Gasteiger partial charge in [-0.15, -0.1) is 0 Å². The molecule has 0 saturated carbocycles. The molecule has 1 atom stereocenters. The van der Waals surface area contributed by atoms with Crippen molar-refractivity contribution >= 4 is 34.9 Å². The highest BCUT2D eigenvalue weighted by molar-refractivity contribution is 6.18. The van der Waals surface area contributed by atoms with Gasteiger partial charge >= 0.3 is 23.9 Å². The number of carboxylic acids is 4. The highest BCUT2D eigenvalue weighted by Crippen LogP contribution is 2.32. The van der Waals surface area contributed by atoms with Crippen LogP contribution in [-0.4, -0.2) is 59.7 Å². The first-order chi connectivity index (χ1) is 11.7. The lowest BCUT2D eigenvalue weighted by Gasteiger charge is -2.25. The maximum absolute atomic E-state index is 10.8. The monoisotopic (exact) mass is 353 g/mol. The van der Waals surface area contributed by atoms with E-state index in [2.05, 4.69) is 15.4 Å². The summed E-state index contributed by atoms with van der Waals surface area (Å²) in [4.78, 5) is 43.1. The summed E-state index contributed by atoms with van der Waals surface area (Å²) in [5.41, 5.74) is -1.53. The maximum Gasteiger partial charge on any atom is 0.333 e. The average Bonchev–Trinajstić information content (AvgIpc) is 2.99. The Labute approximate surface area is 139 Å². The molecule has 1 unspecified atom stereocenters. The Morgan fingerprint density at radius 1 is 0.960 bits per heavy atom. The minimum absolute atomic E-state index is 0.430. The van der Waals surface area contributed by atoms with E-state index in [9.17, 15) is 19.2 Å². The van der Waals surface area contributed by atoms with Crippen LogP contribution >= 0.6 is 0 Å². The van der Waals surface area contributed by atoms with Gasteiger partial charge in [-0.25, -0.2) is 0 Å². The van der Waals surface area contributed by atoms with Gasteiger partial charge in [0.1, 0.15) is 11.0 Å². The van der Waals surface area contributed by atoms with Gasteiger partial charge in [-0.05, 0) is 18.6 Å². The molecule has 0 aliphatic carbocycles. The molecule has 2 aromatic rings. The zero-order valence-electron chi connectivity index (χ0n) is 12.9. The number of hydrogen-bond acceptors (Lipinski definition) is 6. The molecule has 0 radical (unpaired) electrons. The van der Waals surface area contributed by atoms with Gasteiger partial charge in [0, 0.05) is 0 Å². The molecule has 0 aliphatic heterocycles. The summed E-state index contributed by atoms with van der Waals surface area (Å²) in [5, 5.41) is 45.0. The molecular weight excluding hydrogens is 338 g/mol. The highest BCUT2D eigenvalue weighted by Gasteiger charge is 2.62. The third-order valence-electron chi connectivity index (χ3n) is 3.46. The van der Waals surface area contributed by atoms with Crippen molar-refractivity contribution in [2.45, 2.75) is 13.3 Å². The second-order valence-corrected chi connectivity index (χ2v) is 4.83. The molecule has 0 saturated heterocycles. The first-order valence-electron chi connectivity index (χ1n) is 6.88. The predicted molar refractivity (Wildman–Crippen MR) is 80.6 cm³/mol. The number of aliphatic carboxylic acids is 4. The van der Waals surface area contributed by atoms with Crippen molar-refractivity contribution in [3.8, 4) is 0 Å². The van der Waals surface area contributed by atoms with E-state index in [1.54, 1.807) is 0 Å². The number of carboxylic acid groups (broad SMARTS) is 4. The lowest BCUT2D eigenvalue weighted by atomic mass is 9.74. The van der Waals surface area contributed by atoms with Gasteiger partial charge in [0.25, 0.3) is 5.41 Å². The molecule has 1 aromatic carbocycles. The van der Waals surface area contributed by atoms with E-state index in [4.69, 9.17) is 20.4 Å². The predicted octanol–water partition coefficient (Wildman–Crippen LogP) is 0.295. The second kappa shape index (κ2) is 7.86. The minimum Gasteiger partial charge on any atom is -0.481 e. The highest BCUT2D eigenvalue weighted by atomic mass is 16.4. The molecule has 11 nitrogen and oxygen atoms in total. The van der Waals surface area contributed by atoms with Crippen LogP contribution in [0, 0.1) is 11.3 Å². The van der Waals surface area contributed by atoms with Crippen molar-refractivity contribution in [3.05, 3.63) is 24.3 Å². The van der Waals surface area contributed by atoms with Crippen molar-refractivity contribution < 1.29 is 39.6 Å². The number of rotatable bonds is 6. The fourth-order valence-corrected chi connectivity index (χ4v) is 2.17. The number of aromatic nitrogens is 3. The smallest absolute Gasteiger partial charge is 0.333 e. The molecule has 134 valence electrons. The summed E-state index contributed by atoms with van der Waals surface area (Å²) in [6, 6.07) is 7.70. The van der Waals surface area contributed by atoms with Crippen LogP contribution < -0.4 is 0 Å². The summed E-state index contributed by atoms with van der Waals surface area (Å²) in [5.74, 6) is -10.4. The maximum atomic E-state index is 10.8. The third-order valence-corrected chi connectivity index (χ3v) is 3.46. The van der Waals surface area contributed by atoms with Crippen LogP contribution in [0.1, 0.15) is 13.3 Å². The molecule has 1 aromatic heterocycles. The van der Waals surface area contributed by atoms with Crippen LogP contribution in [-0.2, 0) is 19.2 Å². The van der Waals surface area contributed by atoms with Gasteiger partial charge in [-0.2, -0.15) is 15.4 Å². The Bertz CT molecular complexity index is 734. The lowest BCUT2D eigenvalue weighted by Crippen LogP contribution is -2.54. The molecule has 25 heavy (non-hydrogen) atoms. The number of fused-ring (bicyclic) bond motifs is 1. The van der Waals surface area contributed by atoms with Gasteiger partial charge in [0.2, 0.25) is 0 Å². The zero-order valence-corrected chi connectivity index (χ0v) is 12.9. The van der Waals surface area contributed by atoms with E-state index < -0.39 is 41.6 Å². The number of hydrogen-bond donors (Lipinski definition) is 5. The van der Waals surface area contributed by atoms with Crippen LogP contribution in [0.4, 0.5) is 0 Å². The molecule has 0 spiro atoms.